The molecule has 2 aliphatic rings. The van der Waals surface area contributed by atoms with Crippen LogP contribution in [0.5, 0.6) is 0 Å². The highest BCUT2D eigenvalue weighted by atomic mass is 16.6. The van der Waals surface area contributed by atoms with Gasteiger partial charge in [0.2, 0.25) is 0 Å². The number of aryl methyl sites for hydroxylation is 1. The highest BCUT2D eigenvalue weighted by Gasteiger charge is 2.42. The first-order valence-corrected chi connectivity index (χ1v) is 10.3. The Kier molecular flexibility index (Phi) is 5.47. The summed E-state index contributed by atoms with van der Waals surface area (Å²) in [7, 11) is 0. The van der Waals surface area contributed by atoms with E-state index in [-0.39, 0.29) is 23.6 Å². The molecule has 1 aromatic heterocycles. The number of ether oxygens (including phenoxy) is 1. The molecule has 1 aromatic rings. The molecule has 0 spiro atoms. The largest absolute Gasteiger partial charge is 0.444 e. The number of amides is 1. The highest BCUT2D eigenvalue weighted by molar-refractivity contribution is 5.68. The molecule has 3 rings (SSSR count). The van der Waals surface area contributed by atoms with E-state index >= 15 is 0 Å². The third kappa shape index (κ3) is 4.03. The molecule has 28 heavy (non-hydrogen) atoms. The van der Waals surface area contributed by atoms with E-state index in [2.05, 4.69) is 36.4 Å². The van der Waals surface area contributed by atoms with Gasteiger partial charge in [0.15, 0.2) is 5.82 Å². The monoisotopic (exact) mass is 390 g/mol. The second-order valence-electron chi connectivity index (χ2n) is 9.62. The molecule has 0 aliphatic carbocycles. The van der Waals surface area contributed by atoms with Crippen molar-refractivity contribution in [2.75, 3.05) is 24.5 Å². The highest BCUT2D eigenvalue weighted by Crippen LogP contribution is 2.37. The van der Waals surface area contributed by atoms with Crippen molar-refractivity contribution in [2.24, 2.45) is 5.92 Å². The fourth-order valence-corrected chi connectivity index (χ4v) is 4.35. The topological polar surface area (TPSA) is 67.7 Å². The minimum Gasteiger partial charge on any atom is -0.444 e. The van der Waals surface area contributed by atoms with Crippen molar-refractivity contribution in [1.82, 2.24) is 14.7 Å². The average Bonchev–Trinajstić information content (AvgIpc) is 3.12. The lowest BCUT2D eigenvalue weighted by atomic mass is 9.90. The fraction of sp³-hybridized carbons (Fsp3) is 0.762. The van der Waals surface area contributed by atoms with Gasteiger partial charge in [0.1, 0.15) is 11.9 Å². The van der Waals surface area contributed by atoms with E-state index in [4.69, 9.17) is 9.84 Å². The lowest BCUT2D eigenvalue weighted by Crippen LogP contribution is -2.43. The van der Waals surface area contributed by atoms with E-state index in [1.54, 1.807) is 4.90 Å². The van der Waals surface area contributed by atoms with Crippen LogP contribution in [0.15, 0.2) is 6.07 Å². The van der Waals surface area contributed by atoms with Gasteiger partial charge in [0.25, 0.3) is 0 Å². The van der Waals surface area contributed by atoms with Crippen molar-refractivity contribution in [1.29, 1.82) is 0 Å². The molecule has 7 nitrogen and oxygen atoms in total. The maximum atomic E-state index is 12.3. The second-order valence-corrected chi connectivity index (χ2v) is 9.62. The van der Waals surface area contributed by atoms with Crippen LogP contribution in [-0.4, -0.2) is 57.8 Å². The van der Waals surface area contributed by atoms with Gasteiger partial charge in [-0.15, -0.1) is 0 Å². The molecule has 2 saturated heterocycles. The Hall–Kier alpha value is -2.05. The van der Waals surface area contributed by atoms with Crippen LogP contribution in [0.25, 0.3) is 0 Å². The van der Waals surface area contributed by atoms with Gasteiger partial charge in [-0.2, -0.15) is 5.10 Å². The summed E-state index contributed by atoms with van der Waals surface area (Å²) < 4.78 is 7.59. The maximum absolute atomic E-state index is 12.3. The third-order valence-electron chi connectivity index (χ3n) is 6.08. The number of rotatable bonds is 3. The van der Waals surface area contributed by atoms with Gasteiger partial charge >= 0.3 is 6.09 Å². The van der Waals surface area contributed by atoms with Crippen LogP contribution in [0.1, 0.15) is 65.6 Å². The van der Waals surface area contributed by atoms with Crippen molar-refractivity contribution < 1.29 is 14.3 Å². The Morgan fingerprint density at radius 2 is 1.86 bits per heavy atom. The Labute approximate surface area is 168 Å². The van der Waals surface area contributed by atoms with Crippen molar-refractivity contribution in [3.63, 3.8) is 0 Å². The lowest BCUT2D eigenvalue weighted by Gasteiger charge is -2.35. The van der Waals surface area contributed by atoms with Crippen molar-refractivity contribution in [2.45, 2.75) is 78.0 Å². The zero-order valence-corrected chi connectivity index (χ0v) is 18.1. The SMILES string of the molecule is Cc1cc(N2CCC(C=O)C2(C)C)nn1C1CCN(C(=O)OC(C)(C)C)CC1. The Morgan fingerprint density at radius 3 is 2.39 bits per heavy atom. The molecule has 2 fully saturated rings. The molecule has 2 aliphatic heterocycles. The number of nitrogens with zero attached hydrogens (tertiary/aromatic N) is 4. The smallest absolute Gasteiger partial charge is 0.410 e. The number of aldehydes is 1. The van der Waals surface area contributed by atoms with Crippen LogP contribution in [0.3, 0.4) is 0 Å². The second kappa shape index (κ2) is 7.41. The van der Waals surface area contributed by atoms with E-state index in [9.17, 15) is 9.59 Å². The summed E-state index contributed by atoms with van der Waals surface area (Å²) in [5, 5.41) is 4.90. The first-order valence-electron chi connectivity index (χ1n) is 10.3. The fourth-order valence-electron chi connectivity index (χ4n) is 4.35. The van der Waals surface area contributed by atoms with E-state index in [0.29, 0.717) is 13.1 Å². The average molecular weight is 391 g/mol. The summed E-state index contributed by atoms with van der Waals surface area (Å²) >= 11 is 0. The van der Waals surface area contributed by atoms with Crippen LogP contribution in [0, 0.1) is 12.8 Å². The summed E-state index contributed by atoms with van der Waals surface area (Å²) in [4.78, 5) is 27.7. The number of carbonyl (C=O) groups excluding carboxylic acids is 2. The maximum Gasteiger partial charge on any atom is 0.410 e. The molecule has 1 amide bonds. The number of carbonyl (C=O) groups is 2. The van der Waals surface area contributed by atoms with Crippen LogP contribution in [-0.2, 0) is 9.53 Å². The van der Waals surface area contributed by atoms with Crippen LogP contribution < -0.4 is 4.90 Å². The zero-order valence-electron chi connectivity index (χ0n) is 18.1. The predicted octanol–water partition coefficient (Wildman–Crippen LogP) is 3.57. The van der Waals surface area contributed by atoms with E-state index in [0.717, 1.165) is 43.6 Å². The van der Waals surface area contributed by atoms with Gasteiger partial charge < -0.3 is 19.3 Å². The van der Waals surface area contributed by atoms with Crippen LogP contribution in [0.4, 0.5) is 10.6 Å². The molecule has 1 unspecified atom stereocenters. The molecule has 0 aromatic carbocycles. The Bertz CT molecular complexity index is 726. The minimum absolute atomic E-state index is 0.0371. The van der Waals surface area contributed by atoms with Gasteiger partial charge in [-0.3, -0.25) is 4.68 Å². The van der Waals surface area contributed by atoms with Crippen molar-refractivity contribution in [3.8, 4) is 0 Å². The van der Waals surface area contributed by atoms with Gasteiger partial charge in [-0.1, -0.05) is 0 Å². The third-order valence-corrected chi connectivity index (χ3v) is 6.08. The van der Waals surface area contributed by atoms with E-state index < -0.39 is 5.60 Å². The molecule has 0 bridgehead atoms. The van der Waals surface area contributed by atoms with Gasteiger partial charge in [-0.25, -0.2) is 4.79 Å². The van der Waals surface area contributed by atoms with Gasteiger partial charge in [-0.05, 0) is 60.8 Å². The first kappa shape index (κ1) is 20.7. The molecular weight excluding hydrogens is 356 g/mol. The first-order chi connectivity index (χ1) is 13.0. The Balaban J connectivity index is 1.67. The number of hydrogen-bond acceptors (Lipinski definition) is 5. The lowest BCUT2D eigenvalue weighted by molar-refractivity contribution is -0.112. The number of anilines is 1. The molecule has 3 heterocycles. The molecular formula is C21H34N4O3. The number of hydrogen-bond donors (Lipinski definition) is 0. The quantitative estimate of drug-likeness (QED) is 0.738. The number of piperidine rings is 1. The molecule has 0 radical (unpaired) electrons. The number of aromatic nitrogens is 2. The standard InChI is InChI=1S/C21H34N4O3/c1-15-13-18(24-12-7-16(14-26)21(24,5)6)22-25(15)17-8-10-23(11-9-17)19(27)28-20(2,3)4/h13-14,16-17H,7-12H2,1-6H3. The summed E-state index contributed by atoms with van der Waals surface area (Å²) in [6.07, 6.45) is 3.44. The van der Waals surface area contributed by atoms with E-state index in [1.807, 2.05) is 20.8 Å². The Morgan fingerprint density at radius 1 is 1.21 bits per heavy atom. The summed E-state index contributed by atoms with van der Waals surface area (Å²) in [5.41, 5.74) is 0.438. The molecule has 7 heteroatoms. The predicted molar refractivity (Wildman–Crippen MR) is 109 cm³/mol. The van der Waals surface area contributed by atoms with Gasteiger partial charge in [0.05, 0.1) is 6.04 Å². The summed E-state index contributed by atoms with van der Waals surface area (Å²) in [6, 6.07) is 2.40. The molecule has 0 N–H and O–H groups in total. The van der Waals surface area contributed by atoms with Crippen LogP contribution in [0.2, 0.25) is 0 Å². The minimum atomic E-state index is -0.469. The molecule has 0 saturated carbocycles. The zero-order chi connectivity index (χ0) is 20.7. The number of likely N-dealkylation sites (tertiary alicyclic amines) is 1. The molecule has 1 atom stereocenters. The van der Waals surface area contributed by atoms with E-state index in [1.165, 1.54) is 0 Å². The summed E-state index contributed by atoms with van der Waals surface area (Å²) in [6.45, 7) is 14.2. The van der Waals surface area contributed by atoms with Crippen LogP contribution >= 0.6 is 0 Å². The summed E-state index contributed by atoms with van der Waals surface area (Å²) in [5.74, 6) is 0.983. The normalized spacial score (nSPS) is 23.1. The van der Waals surface area contributed by atoms with Gasteiger partial charge in [0, 0.05) is 42.9 Å². The van der Waals surface area contributed by atoms with Crippen molar-refractivity contribution in [3.05, 3.63) is 11.8 Å². The van der Waals surface area contributed by atoms with Crippen molar-refractivity contribution >= 4 is 18.2 Å². The molecule has 156 valence electrons.